The Labute approximate surface area is 235 Å². The number of carboxylic acids is 1. The van der Waals surface area contributed by atoms with E-state index in [1.165, 1.54) is 12.1 Å². The number of pyridine rings is 1. The van der Waals surface area contributed by atoms with Gasteiger partial charge in [0.1, 0.15) is 0 Å². The Morgan fingerprint density at radius 3 is 2.49 bits per heavy atom. The summed E-state index contributed by atoms with van der Waals surface area (Å²) in [7, 11) is 0. The predicted molar refractivity (Wildman–Crippen MR) is 158 cm³/mol. The van der Waals surface area contributed by atoms with E-state index in [0.29, 0.717) is 17.7 Å². The summed E-state index contributed by atoms with van der Waals surface area (Å²) >= 11 is 0. The molecule has 2 aromatic heterocycles. The van der Waals surface area contributed by atoms with Crippen molar-refractivity contribution < 1.29 is 14.7 Å². The summed E-state index contributed by atoms with van der Waals surface area (Å²) in [5.74, 6) is -1.25. The Balaban J connectivity index is 1.39. The molecule has 198 valence electrons. The minimum absolute atomic E-state index is 0.191. The molecule has 2 heterocycles. The molecule has 1 amide bonds. The number of nitrogens with zero attached hydrogens (tertiary/aromatic N) is 3. The van der Waals surface area contributed by atoms with Crippen molar-refractivity contribution in [2.24, 2.45) is 0 Å². The van der Waals surface area contributed by atoms with E-state index < -0.39 is 5.97 Å². The molecule has 6 rings (SSSR count). The minimum Gasteiger partial charge on any atom is -0.478 e. The molecule has 2 N–H and O–H groups in total. The third kappa shape index (κ3) is 5.27. The Morgan fingerprint density at radius 2 is 1.68 bits per heavy atom. The molecule has 0 atom stereocenters. The van der Waals surface area contributed by atoms with Gasteiger partial charge in [0.2, 0.25) is 0 Å². The summed E-state index contributed by atoms with van der Waals surface area (Å²) in [5, 5.41) is 23.5. The first-order valence-corrected chi connectivity index (χ1v) is 13.1. The molecule has 0 spiro atoms. The summed E-state index contributed by atoms with van der Waals surface area (Å²) in [6.07, 6.45) is 3.75. The van der Waals surface area contributed by atoms with Crippen LogP contribution in [0, 0.1) is 11.3 Å². The van der Waals surface area contributed by atoms with Gasteiger partial charge in [-0.3, -0.25) is 9.78 Å². The van der Waals surface area contributed by atoms with Crippen molar-refractivity contribution in [1.82, 2.24) is 14.9 Å². The first-order chi connectivity index (χ1) is 20.0. The second kappa shape index (κ2) is 10.8. The standard InChI is InChI=1S/C34H24N4O3/c35-19-23-3-1-4-27(15-23)29-17-28-12-14-38(21-24-8-9-25-5-2-13-36-31(25)16-24)32(28)30(18-29)33(39)37-20-22-6-10-26(11-7-22)34(40)41/h1-18H,20-21H2,(H,37,39)(H,40,41). The van der Waals surface area contributed by atoms with E-state index in [1.54, 1.807) is 24.4 Å². The van der Waals surface area contributed by atoms with Crippen molar-refractivity contribution in [2.75, 3.05) is 0 Å². The van der Waals surface area contributed by atoms with E-state index >= 15 is 0 Å². The van der Waals surface area contributed by atoms with Crippen LogP contribution in [0.5, 0.6) is 0 Å². The smallest absolute Gasteiger partial charge is 0.335 e. The molecule has 7 heteroatoms. The Morgan fingerprint density at radius 1 is 0.854 bits per heavy atom. The zero-order chi connectivity index (χ0) is 28.3. The minimum atomic E-state index is -0.997. The van der Waals surface area contributed by atoms with Gasteiger partial charge >= 0.3 is 5.97 Å². The highest BCUT2D eigenvalue weighted by Gasteiger charge is 2.17. The monoisotopic (exact) mass is 536 g/mol. The van der Waals surface area contributed by atoms with Crippen LogP contribution in [0.4, 0.5) is 0 Å². The highest BCUT2D eigenvalue weighted by Crippen LogP contribution is 2.30. The number of nitriles is 1. The molecule has 0 bridgehead atoms. The summed E-state index contributed by atoms with van der Waals surface area (Å²) in [6.45, 7) is 0.793. The lowest BCUT2D eigenvalue weighted by molar-refractivity contribution is 0.0696. The van der Waals surface area contributed by atoms with E-state index in [4.69, 9.17) is 5.11 Å². The van der Waals surface area contributed by atoms with Crippen LogP contribution in [0.25, 0.3) is 32.9 Å². The van der Waals surface area contributed by atoms with Crippen molar-refractivity contribution in [3.63, 3.8) is 0 Å². The van der Waals surface area contributed by atoms with Crippen molar-refractivity contribution >= 4 is 33.7 Å². The molecule has 0 fully saturated rings. The molecule has 6 aromatic rings. The summed E-state index contributed by atoms with van der Waals surface area (Å²) in [5.41, 5.74) is 6.47. The number of carbonyl (C=O) groups excluding carboxylic acids is 1. The van der Waals surface area contributed by atoms with Crippen molar-refractivity contribution in [3.05, 3.63) is 137 Å². The number of benzene rings is 4. The van der Waals surface area contributed by atoms with Gasteiger partial charge < -0.3 is 15.0 Å². The molecular formula is C34H24N4O3. The van der Waals surface area contributed by atoms with Crippen molar-refractivity contribution in [2.45, 2.75) is 13.1 Å². The van der Waals surface area contributed by atoms with Gasteiger partial charge in [0.25, 0.3) is 5.91 Å². The molecule has 41 heavy (non-hydrogen) atoms. The van der Waals surface area contributed by atoms with Gasteiger partial charge in [-0.05, 0) is 76.9 Å². The number of hydrogen-bond acceptors (Lipinski definition) is 4. The van der Waals surface area contributed by atoms with Crippen LogP contribution in [0.2, 0.25) is 0 Å². The number of hydrogen-bond donors (Lipinski definition) is 2. The van der Waals surface area contributed by atoms with Gasteiger partial charge in [-0.2, -0.15) is 5.26 Å². The molecule has 0 aliphatic heterocycles. The zero-order valence-corrected chi connectivity index (χ0v) is 21.9. The number of aromatic carboxylic acids is 1. The highest BCUT2D eigenvalue weighted by molar-refractivity contribution is 6.08. The Hall–Kier alpha value is -5.74. The van der Waals surface area contributed by atoms with Crippen molar-refractivity contribution in [3.8, 4) is 17.2 Å². The fraction of sp³-hybridized carbons (Fsp3) is 0.0588. The SMILES string of the molecule is N#Cc1cccc(-c2cc(C(=O)NCc3ccc(C(=O)O)cc3)c3c(ccn3Cc3ccc4cccnc4c3)c2)c1. The average molecular weight is 537 g/mol. The third-order valence-corrected chi connectivity index (χ3v) is 7.11. The lowest BCUT2D eigenvalue weighted by atomic mass is 9.98. The summed E-state index contributed by atoms with van der Waals surface area (Å²) < 4.78 is 2.06. The molecule has 4 aromatic carbocycles. The van der Waals surface area contributed by atoms with Crippen molar-refractivity contribution in [1.29, 1.82) is 5.26 Å². The number of fused-ring (bicyclic) bond motifs is 2. The highest BCUT2D eigenvalue weighted by atomic mass is 16.4. The molecule has 0 radical (unpaired) electrons. The Bertz CT molecular complexity index is 1980. The maximum Gasteiger partial charge on any atom is 0.335 e. The van der Waals surface area contributed by atoms with E-state index in [1.807, 2.05) is 60.8 Å². The summed E-state index contributed by atoms with van der Waals surface area (Å²) in [6, 6.07) is 31.9. The topological polar surface area (TPSA) is 108 Å². The van der Waals surface area contributed by atoms with Gasteiger partial charge in [-0.15, -0.1) is 0 Å². The van der Waals surface area contributed by atoms with Gasteiger partial charge in [0.05, 0.1) is 33.8 Å². The fourth-order valence-electron chi connectivity index (χ4n) is 5.04. The maximum atomic E-state index is 13.7. The van der Waals surface area contributed by atoms with Crippen LogP contribution in [-0.2, 0) is 13.1 Å². The number of carboxylic acid groups (broad SMARTS) is 1. The van der Waals surface area contributed by atoms with Crippen LogP contribution in [0.3, 0.4) is 0 Å². The molecule has 0 aliphatic carbocycles. The van der Waals surface area contributed by atoms with Crippen LogP contribution in [0.1, 0.15) is 37.4 Å². The van der Waals surface area contributed by atoms with Gasteiger partial charge in [-0.1, -0.05) is 42.5 Å². The van der Waals surface area contributed by atoms with Crippen LogP contribution in [-0.4, -0.2) is 26.5 Å². The lowest BCUT2D eigenvalue weighted by Gasteiger charge is -2.14. The van der Waals surface area contributed by atoms with E-state index in [2.05, 4.69) is 33.1 Å². The number of aromatic nitrogens is 2. The second-order valence-electron chi connectivity index (χ2n) is 9.81. The van der Waals surface area contributed by atoms with Gasteiger partial charge in [0.15, 0.2) is 0 Å². The quantitative estimate of drug-likeness (QED) is 0.245. The third-order valence-electron chi connectivity index (χ3n) is 7.11. The largest absolute Gasteiger partial charge is 0.478 e. The maximum absolute atomic E-state index is 13.7. The van der Waals surface area contributed by atoms with Crippen LogP contribution in [0.15, 0.2) is 109 Å². The first-order valence-electron chi connectivity index (χ1n) is 13.1. The fourth-order valence-corrected chi connectivity index (χ4v) is 5.04. The molecule has 0 saturated carbocycles. The van der Waals surface area contributed by atoms with Crippen LogP contribution < -0.4 is 5.32 Å². The normalized spacial score (nSPS) is 10.9. The van der Waals surface area contributed by atoms with E-state index in [-0.39, 0.29) is 18.0 Å². The zero-order valence-electron chi connectivity index (χ0n) is 21.9. The first kappa shape index (κ1) is 25.5. The molecule has 7 nitrogen and oxygen atoms in total. The number of rotatable bonds is 7. The van der Waals surface area contributed by atoms with E-state index in [0.717, 1.165) is 44.1 Å². The Kier molecular flexibility index (Phi) is 6.72. The number of carbonyl (C=O) groups is 2. The average Bonchev–Trinajstić information content (AvgIpc) is 3.42. The number of nitrogens with one attached hydrogen (secondary N) is 1. The van der Waals surface area contributed by atoms with Crippen LogP contribution >= 0.6 is 0 Å². The number of amides is 1. The van der Waals surface area contributed by atoms with Gasteiger partial charge in [0, 0.05) is 36.3 Å². The van der Waals surface area contributed by atoms with Gasteiger partial charge in [-0.25, -0.2) is 4.79 Å². The van der Waals surface area contributed by atoms with E-state index in [9.17, 15) is 14.9 Å². The molecule has 0 aliphatic rings. The molecular weight excluding hydrogens is 512 g/mol. The predicted octanol–water partition coefficient (Wildman–Crippen LogP) is 6.40. The second-order valence-corrected chi connectivity index (χ2v) is 9.81. The lowest BCUT2D eigenvalue weighted by Crippen LogP contribution is -2.23. The molecule has 0 unspecified atom stereocenters. The summed E-state index contributed by atoms with van der Waals surface area (Å²) in [4.78, 5) is 29.4. The molecule has 0 saturated heterocycles.